The minimum atomic E-state index is 0.0672. The number of hydrogen-bond donors (Lipinski definition) is 1. The van der Waals surface area contributed by atoms with Gasteiger partial charge in [0.05, 0.1) is 0 Å². The van der Waals surface area contributed by atoms with Gasteiger partial charge in [0.25, 0.3) is 5.88 Å². The summed E-state index contributed by atoms with van der Waals surface area (Å²) in [6, 6.07) is 1.98. The molecule has 1 aromatic rings. The summed E-state index contributed by atoms with van der Waals surface area (Å²) in [7, 11) is 0. The van der Waals surface area contributed by atoms with E-state index < -0.39 is 0 Å². The summed E-state index contributed by atoms with van der Waals surface area (Å²) < 4.78 is 5.73. The van der Waals surface area contributed by atoms with Crippen LogP contribution in [0.2, 0.25) is 0 Å². The molecule has 0 amide bonds. The van der Waals surface area contributed by atoms with Gasteiger partial charge in [0.1, 0.15) is 12.2 Å². The smallest absolute Gasteiger partial charge is 0.251 e. The molecule has 16 heavy (non-hydrogen) atoms. The third-order valence-electron chi connectivity index (χ3n) is 2.79. The van der Waals surface area contributed by atoms with E-state index in [2.05, 4.69) is 22.2 Å². The fraction of sp³-hybridized carbons (Fsp3) is 0.545. The number of ether oxygens (including phenoxy) is 1. The highest BCUT2D eigenvalue weighted by Gasteiger charge is 2.24. The molecule has 1 fully saturated rings. The van der Waals surface area contributed by atoms with Gasteiger partial charge < -0.3 is 10.1 Å². The summed E-state index contributed by atoms with van der Waals surface area (Å²) in [5.41, 5.74) is 0.250. The second-order valence-electron chi connectivity index (χ2n) is 3.95. The highest BCUT2D eigenvalue weighted by atomic mass is 16.5. The molecule has 2 unspecified atom stereocenters. The molecule has 1 aliphatic rings. The zero-order valence-electron chi connectivity index (χ0n) is 9.18. The highest BCUT2D eigenvalue weighted by molar-refractivity contribution is 5.30. The molecule has 5 nitrogen and oxygen atoms in total. The van der Waals surface area contributed by atoms with Crippen LogP contribution in [0.4, 0.5) is 0 Å². The maximum Gasteiger partial charge on any atom is 0.251 e. The Balaban J connectivity index is 2.11. The van der Waals surface area contributed by atoms with Crippen molar-refractivity contribution in [1.29, 1.82) is 5.26 Å². The lowest BCUT2D eigenvalue weighted by Gasteiger charge is -2.29. The number of piperidine rings is 1. The second kappa shape index (κ2) is 4.90. The normalized spacial score (nSPS) is 24.8. The lowest BCUT2D eigenvalue weighted by molar-refractivity contribution is 0.109. The maximum atomic E-state index is 8.87. The van der Waals surface area contributed by atoms with Crippen LogP contribution in [0.25, 0.3) is 0 Å². The van der Waals surface area contributed by atoms with Gasteiger partial charge in [0.15, 0.2) is 0 Å². The van der Waals surface area contributed by atoms with Crippen LogP contribution >= 0.6 is 0 Å². The van der Waals surface area contributed by atoms with Crippen LogP contribution in [0.5, 0.6) is 5.88 Å². The van der Waals surface area contributed by atoms with Crippen molar-refractivity contribution in [2.75, 3.05) is 13.1 Å². The molecule has 0 aromatic carbocycles. The minimum absolute atomic E-state index is 0.0672. The quantitative estimate of drug-likeness (QED) is 0.792. The van der Waals surface area contributed by atoms with E-state index in [1.807, 2.05) is 6.07 Å². The lowest BCUT2D eigenvalue weighted by Crippen LogP contribution is -2.43. The average molecular weight is 218 g/mol. The molecule has 2 atom stereocenters. The molecule has 0 spiro atoms. The minimum Gasteiger partial charge on any atom is -0.471 e. The van der Waals surface area contributed by atoms with Gasteiger partial charge in [0, 0.05) is 18.9 Å². The number of hydrogen-bond acceptors (Lipinski definition) is 5. The number of nitrogens with zero attached hydrogens (tertiary/aromatic N) is 3. The van der Waals surface area contributed by atoms with Crippen molar-refractivity contribution in [3.05, 3.63) is 18.1 Å². The van der Waals surface area contributed by atoms with Gasteiger partial charge in [-0.2, -0.15) is 5.26 Å². The Kier molecular flexibility index (Phi) is 3.32. The Bertz CT molecular complexity index is 401. The van der Waals surface area contributed by atoms with Crippen LogP contribution in [-0.4, -0.2) is 29.2 Å². The van der Waals surface area contributed by atoms with Crippen LogP contribution in [-0.2, 0) is 0 Å². The van der Waals surface area contributed by atoms with Crippen LogP contribution in [0, 0.1) is 17.2 Å². The van der Waals surface area contributed by atoms with E-state index in [1.54, 1.807) is 0 Å². The number of nitriles is 1. The standard InChI is InChI=1S/C11H14N4O/c1-8-2-3-13-7-10(8)16-11-9(6-12)14-4-5-15-11/h4-5,8,10,13H,2-3,7H2,1H3. The summed E-state index contributed by atoms with van der Waals surface area (Å²) in [6.45, 7) is 3.96. The summed E-state index contributed by atoms with van der Waals surface area (Å²) in [5.74, 6) is 0.806. The first-order valence-corrected chi connectivity index (χ1v) is 5.39. The first-order valence-electron chi connectivity index (χ1n) is 5.39. The number of aromatic nitrogens is 2. The van der Waals surface area contributed by atoms with E-state index in [4.69, 9.17) is 10.00 Å². The second-order valence-corrected chi connectivity index (χ2v) is 3.95. The predicted octanol–water partition coefficient (Wildman–Crippen LogP) is 0.725. The number of rotatable bonds is 2. The van der Waals surface area contributed by atoms with Gasteiger partial charge >= 0.3 is 0 Å². The van der Waals surface area contributed by atoms with Crippen LogP contribution in [0.1, 0.15) is 19.0 Å². The summed E-state index contributed by atoms with van der Waals surface area (Å²) in [5, 5.41) is 12.1. The molecule has 0 saturated carbocycles. The largest absolute Gasteiger partial charge is 0.471 e. The summed E-state index contributed by atoms with van der Waals surface area (Å²) in [6.07, 6.45) is 4.18. The number of nitrogens with one attached hydrogen (secondary N) is 1. The average Bonchev–Trinajstić information content (AvgIpc) is 2.33. The zero-order chi connectivity index (χ0) is 11.4. The molecule has 1 aliphatic heterocycles. The van der Waals surface area contributed by atoms with E-state index in [0.717, 1.165) is 19.5 Å². The highest BCUT2D eigenvalue weighted by Crippen LogP contribution is 2.19. The molecule has 2 heterocycles. The maximum absolute atomic E-state index is 8.87. The molecule has 1 saturated heterocycles. The molecule has 84 valence electrons. The van der Waals surface area contributed by atoms with Gasteiger partial charge in [-0.15, -0.1) is 0 Å². The molecule has 5 heteroatoms. The Morgan fingerprint density at radius 3 is 3.06 bits per heavy atom. The molecule has 1 N–H and O–H groups in total. The van der Waals surface area contributed by atoms with Gasteiger partial charge in [-0.1, -0.05) is 6.92 Å². The predicted molar refractivity (Wildman–Crippen MR) is 57.8 cm³/mol. The first-order chi connectivity index (χ1) is 7.81. The Hall–Kier alpha value is -1.67. The molecular weight excluding hydrogens is 204 g/mol. The third-order valence-corrected chi connectivity index (χ3v) is 2.79. The topological polar surface area (TPSA) is 70.8 Å². The Morgan fingerprint density at radius 1 is 1.50 bits per heavy atom. The first kappa shape index (κ1) is 10.8. The van der Waals surface area contributed by atoms with Crippen molar-refractivity contribution in [2.45, 2.75) is 19.4 Å². The van der Waals surface area contributed by atoms with Crippen molar-refractivity contribution >= 4 is 0 Å². The summed E-state index contributed by atoms with van der Waals surface area (Å²) in [4.78, 5) is 7.96. The van der Waals surface area contributed by atoms with Crippen molar-refractivity contribution in [2.24, 2.45) is 5.92 Å². The van der Waals surface area contributed by atoms with Crippen molar-refractivity contribution in [1.82, 2.24) is 15.3 Å². The van der Waals surface area contributed by atoms with E-state index in [-0.39, 0.29) is 11.8 Å². The summed E-state index contributed by atoms with van der Waals surface area (Å²) >= 11 is 0. The zero-order valence-corrected chi connectivity index (χ0v) is 9.18. The van der Waals surface area contributed by atoms with E-state index in [9.17, 15) is 0 Å². The van der Waals surface area contributed by atoms with Crippen LogP contribution in [0.15, 0.2) is 12.4 Å². The van der Waals surface area contributed by atoms with E-state index >= 15 is 0 Å². The molecule has 1 aromatic heterocycles. The fourth-order valence-corrected chi connectivity index (χ4v) is 1.75. The van der Waals surface area contributed by atoms with E-state index in [1.165, 1.54) is 12.4 Å². The molecule has 0 radical (unpaired) electrons. The third kappa shape index (κ3) is 2.28. The van der Waals surface area contributed by atoms with Gasteiger partial charge in [-0.3, -0.25) is 0 Å². The monoisotopic (exact) mass is 218 g/mol. The van der Waals surface area contributed by atoms with Gasteiger partial charge in [-0.25, -0.2) is 9.97 Å². The van der Waals surface area contributed by atoms with Crippen LogP contribution < -0.4 is 10.1 Å². The van der Waals surface area contributed by atoms with Gasteiger partial charge in [0.2, 0.25) is 5.69 Å². The molecule has 2 rings (SSSR count). The Labute approximate surface area is 94.5 Å². The molecular formula is C11H14N4O. The van der Waals surface area contributed by atoms with Crippen LogP contribution in [0.3, 0.4) is 0 Å². The lowest BCUT2D eigenvalue weighted by atomic mass is 9.97. The SMILES string of the molecule is CC1CCNCC1Oc1nccnc1C#N. The fourth-order valence-electron chi connectivity index (χ4n) is 1.75. The van der Waals surface area contributed by atoms with Gasteiger partial charge in [-0.05, 0) is 18.9 Å². The molecule has 0 bridgehead atoms. The van der Waals surface area contributed by atoms with Crippen molar-refractivity contribution < 1.29 is 4.74 Å². The van der Waals surface area contributed by atoms with Crippen molar-refractivity contribution in [3.63, 3.8) is 0 Å². The van der Waals surface area contributed by atoms with Crippen molar-refractivity contribution in [3.8, 4) is 11.9 Å². The molecule has 0 aliphatic carbocycles. The van der Waals surface area contributed by atoms with E-state index in [0.29, 0.717) is 11.8 Å². The Morgan fingerprint density at radius 2 is 2.31 bits per heavy atom.